The molecule has 1 fully saturated rings. The Morgan fingerprint density at radius 1 is 1.17 bits per heavy atom. The van der Waals surface area contributed by atoms with E-state index in [9.17, 15) is 13.2 Å². The quantitative estimate of drug-likeness (QED) is 0.422. The molecule has 0 aliphatic carbocycles. The summed E-state index contributed by atoms with van der Waals surface area (Å²) in [6.45, 7) is 7.35. The highest BCUT2D eigenvalue weighted by molar-refractivity contribution is 7.90. The molecule has 1 unspecified atom stereocenters. The van der Waals surface area contributed by atoms with Gasteiger partial charge < -0.3 is 10.2 Å². The smallest absolute Gasteiger partial charge is 0.281 e. The van der Waals surface area contributed by atoms with E-state index in [4.69, 9.17) is 23.2 Å². The van der Waals surface area contributed by atoms with Gasteiger partial charge in [0.25, 0.3) is 15.9 Å². The Labute approximate surface area is 221 Å². The van der Waals surface area contributed by atoms with Crippen LogP contribution in [0, 0.1) is 5.92 Å². The van der Waals surface area contributed by atoms with Crippen LogP contribution in [0.4, 0.5) is 11.6 Å². The second-order valence-corrected chi connectivity index (χ2v) is 12.0. The van der Waals surface area contributed by atoms with Crippen molar-refractivity contribution in [3.8, 4) is 0 Å². The number of anilines is 2. The first kappa shape index (κ1) is 26.2. The molecule has 1 saturated heterocycles. The second kappa shape index (κ2) is 10.2. The van der Waals surface area contributed by atoms with Crippen molar-refractivity contribution in [2.45, 2.75) is 44.3 Å². The van der Waals surface area contributed by atoms with E-state index < -0.39 is 15.9 Å². The van der Waals surface area contributed by atoms with Crippen LogP contribution in [-0.2, 0) is 16.6 Å². The van der Waals surface area contributed by atoms with Gasteiger partial charge in [0.05, 0.1) is 5.56 Å². The molecule has 1 aliphatic heterocycles. The number of nitrogens with zero attached hydrogens (tertiary/aromatic N) is 3. The maximum Gasteiger partial charge on any atom is 0.281 e. The van der Waals surface area contributed by atoms with Crippen LogP contribution in [0.3, 0.4) is 0 Å². The maximum absolute atomic E-state index is 13.1. The molecular weight excluding hydrogens is 521 g/mol. The van der Waals surface area contributed by atoms with Crippen molar-refractivity contribution in [3.63, 3.8) is 0 Å². The van der Waals surface area contributed by atoms with Crippen molar-refractivity contribution in [3.05, 3.63) is 75.9 Å². The summed E-state index contributed by atoms with van der Waals surface area (Å²) in [4.78, 5) is 23.8. The molecule has 4 rings (SSSR count). The van der Waals surface area contributed by atoms with Crippen LogP contribution in [0.2, 0.25) is 10.0 Å². The molecular formula is C25H27Cl2N5O3S. The number of benzene rings is 1. The van der Waals surface area contributed by atoms with Gasteiger partial charge in [0, 0.05) is 34.9 Å². The number of hydrogen-bond acceptors (Lipinski definition) is 7. The van der Waals surface area contributed by atoms with Crippen molar-refractivity contribution in [2.24, 2.45) is 5.92 Å². The molecule has 0 bridgehead atoms. The first-order valence-corrected chi connectivity index (χ1v) is 13.6. The van der Waals surface area contributed by atoms with Crippen LogP contribution in [0.25, 0.3) is 0 Å². The predicted octanol–water partition coefficient (Wildman–Crippen LogP) is 5.14. The average molecular weight is 548 g/mol. The molecule has 2 aromatic heterocycles. The van der Waals surface area contributed by atoms with Gasteiger partial charge in [-0.1, -0.05) is 42.3 Å². The van der Waals surface area contributed by atoms with Crippen LogP contribution < -0.4 is 14.9 Å². The molecule has 190 valence electrons. The van der Waals surface area contributed by atoms with Crippen molar-refractivity contribution in [1.82, 2.24) is 14.7 Å². The molecule has 0 radical (unpaired) electrons. The summed E-state index contributed by atoms with van der Waals surface area (Å²) in [5.74, 6) is 0.430. The van der Waals surface area contributed by atoms with Gasteiger partial charge in [0.2, 0.25) is 0 Å². The number of carbonyl (C=O) groups excluding carboxylic acids is 1. The van der Waals surface area contributed by atoms with Gasteiger partial charge in [0.1, 0.15) is 11.6 Å². The van der Waals surface area contributed by atoms with Crippen molar-refractivity contribution < 1.29 is 13.2 Å². The molecule has 3 aromatic rings. The first-order chi connectivity index (χ1) is 17.0. The van der Waals surface area contributed by atoms with E-state index in [0.29, 0.717) is 34.1 Å². The minimum atomic E-state index is -4.25. The number of halogens is 2. The van der Waals surface area contributed by atoms with Gasteiger partial charge in [-0.25, -0.2) is 14.7 Å². The summed E-state index contributed by atoms with van der Waals surface area (Å²) in [7, 11) is -4.25. The van der Waals surface area contributed by atoms with E-state index in [-0.39, 0.29) is 16.1 Å². The lowest BCUT2D eigenvalue weighted by atomic mass is 9.97. The molecule has 2 N–H and O–H groups in total. The molecule has 0 saturated carbocycles. The Hall–Kier alpha value is -2.88. The Kier molecular flexibility index (Phi) is 7.45. The van der Waals surface area contributed by atoms with E-state index in [1.54, 1.807) is 48.7 Å². The minimum Gasteiger partial charge on any atom is -0.366 e. The zero-order chi connectivity index (χ0) is 26.1. The third-order valence-electron chi connectivity index (χ3n) is 6.06. The highest BCUT2D eigenvalue weighted by Crippen LogP contribution is 2.37. The molecule has 11 heteroatoms. The van der Waals surface area contributed by atoms with Crippen LogP contribution >= 0.6 is 23.2 Å². The van der Waals surface area contributed by atoms with Crippen molar-refractivity contribution in [2.75, 3.05) is 16.8 Å². The SMILES string of the molecule is CC1CN(c2ncccc2C(=O)NS(=O)(=O)c2cccc(NCc3ccc(Cl)cc3Cl)n2)C(C)(C)C1. The highest BCUT2D eigenvalue weighted by Gasteiger charge is 2.39. The lowest BCUT2D eigenvalue weighted by molar-refractivity contribution is 0.0981. The molecule has 8 nitrogen and oxygen atoms in total. The summed E-state index contributed by atoms with van der Waals surface area (Å²) in [5, 5.41) is 3.76. The van der Waals surface area contributed by atoms with Gasteiger partial charge in [-0.2, -0.15) is 8.42 Å². The fourth-order valence-electron chi connectivity index (χ4n) is 4.49. The molecule has 36 heavy (non-hydrogen) atoms. The third-order valence-corrected chi connectivity index (χ3v) is 7.88. The van der Waals surface area contributed by atoms with E-state index in [0.717, 1.165) is 18.5 Å². The van der Waals surface area contributed by atoms with Crippen molar-refractivity contribution in [1.29, 1.82) is 0 Å². The van der Waals surface area contributed by atoms with Crippen LogP contribution in [0.1, 0.15) is 43.1 Å². The monoisotopic (exact) mass is 547 g/mol. The number of hydrogen-bond donors (Lipinski definition) is 2. The lowest BCUT2D eigenvalue weighted by Crippen LogP contribution is -2.41. The van der Waals surface area contributed by atoms with Crippen molar-refractivity contribution >= 4 is 50.8 Å². The van der Waals surface area contributed by atoms with E-state index in [1.807, 2.05) is 0 Å². The molecule has 1 aromatic carbocycles. The second-order valence-electron chi connectivity index (χ2n) is 9.49. The van der Waals surface area contributed by atoms with Gasteiger partial charge in [0.15, 0.2) is 5.03 Å². The van der Waals surface area contributed by atoms with Gasteiger partial charge >= 0.3 is 0 Å². The number of nitrogens with one attached hydrogen (secondary N) is 2. The van der Waals surface area contributed by atoms with E-state index in [1.165, 1.54) is 6.07 Å². The maximum atomic E-state index is 13.1. The van der Waals surface area contributed by atoms with Crippen LogP contribution in [-0.4, -0.2) is 36.4 Å². The van der Waals surface area contributed by atoms with E-state index >= 15 is 0 Å². The van der Waals surface area contributed by atoms with Crippen LogP contribution in [0.5, 0.6) is 0 Å². The first-order valence-electron chi connectivity index (χ1n) is 11.4. The van der Waals surface area contributed by atoms with Crippen LogP contribution in [0.15, 0.2) is 59.8 Å². The summed E-state index contributed by atoms with van der Waals surface area (Å²) < 4.78 is 28.3. The Bertz CT molecular complexity index is 1400. The Balaban J connectivity index is 1.52. The summed E-state index contributed by atoms with van der Waals surface area (Å²) in [5.41, 5.74) is 0.749. The summed E-state index contributed by atoms with van der Waals surface area (Å²) in [6, 6.07) is 12.8. The Morgan fingerprint density at radius 3 is 2.64 bits per heavy atom. The molecule has 3 heterocycles. The minimum absolute atomic E-state index is 0.190. The topological polar surface area (TPSA) is 104 Å². The summed E-state index contributed by atoms with van der Waals surface area (Å²) >= 11 is 12.1. The molecule has 0 spiro atoms. The number of sulfonamides is 1. The van der Waals surface area contributed by atoms with Gasteiger partial charge in [-0.3, -0.25) is 4.79 Å². The molecule has 1 atom stereocenters. The summed E-state index contributed by atoms with van der Waals surface area (Å²) in [6.07, 6.45) is 2.54. The molecule has 1 amide bonds. The zero-order valence-electron chi connectivity index (χ0n) is 20.1. The van der Waals surface area contributed by atoms with E-state index in [2.05, 4.69) is 45.7 Å². The molecule has 1 aliphatic rings. The number of aromatic nitrogens is 2. The number of pyridine rings is 2. The Morgan fingerprint density at radius 2 is 1.94 bits per heavy atom. The normalized spacial score (nSPS) is 17.1. The van der Waals surface area contributed by atoms with Gasteiger partial charge in [-0.15, -0.1) is 0 Å². The fourth-order valence-corrected chi connectivity index (χ4v) is 5.90. The third kappa shape index (κ3) is 5.74. The predicted molar refractivity (Wildman–Crippen MR) is 142 cm³/mol. The largest absolute Gasteiger partial charge is 0.366 e. The fraction of sp³-hybridized carbons (Fsp3) is 0.320. The number of carbonyl (C=O) groups is 1. The standard InChI is InChI=1S/C25H27Cl2N5O3S/c1-16-13-25(2,3)32(15-16)23-19(6-5-11-28-23)24(33)31-36(34,35)22-8-4-7-21(30-22)29-14-17-9-10-18(26)12-20(17)27/h4-12,16H,13-15H2,1-3H3,(H,29,30)(H,31,33). The lowest BCUT2D eigenvalue weighted by Gasteiger charge is -2.33. The zero-order valence-corrected chi connectivity index (χ0v) is 22.5. The van der Waals surface area contributed by atoms with Gasteiger partial charge in [-0.05, 0) is 68.1 Å². The number of rotatable bonds is 7. The average Bonchev–Trinajstić information content (AvgIpc) is 3.10. The highest BCUT2D eigenvalue weighted by atomic mass is 35.5. The number of amides is 1.